The zero-order chi connectivity index (χ0) is 19.7. The molecule has 0 saturated carbocycles. The van der Waals surface area contributed by atoms with Gasteiger partial charge in [-0.25, -0.2) is 17.9 Å². The first-order valence-electron chi connectivity index (χ1n) is 8.35. The molecule has 1 amide bonds. The second kappa shape index (κ2) is 7.26. The van der Waals surface area contributed by atoms with Crippen LogP contribution < -0.4 is 5.32 Å². The van der Waals surface area contributed by atoms with Crippen molar-refractivity contribution in [1.29, 1.82) is 0 Å². The summed E-state index contributed by atoms with van der Waals surface area (Å²) < 4.78 is 41.9. The van der Waals surface area contributed by atoms with Gasteiger partial charge in [-0.15, -0.1) is 0 Å². The first-order chi connectivity index (χ1) is 12.8. The van der Waals surface area contributed by atoms with Crippen LogP contribution in [0.15, 0.2) is 42.6 Å². The fraction of sp³-hybridized carbons (Fsp3) is 0.200. The van der Waals surface area contributed by atoms with Crippen LogP contribution in [-0.4, -0.2) is 15.7 Å². The van der Waals surface area contributed by atoms with E-state index < -0.39 is 35.0 Å². The van der Waals surface area contributed by atoms with E-state index in [0.29, 0.717) is 12.1 Å². The van der Waals surface area contributed by atoms with E-state index in [-0.39, 0.29) is 0 Å². The Morgan fingerprint density at radius 2 is 1.74 bits per heavy atom. The minimum absolute atomic E-state index is 0.358. The number of benzene rings is 2. The number of nitrogens with one attached hydrogen (secondary N) is 1. The highest BCUT2D eigenvalue weighted by molar-refractivity contribution is 5.94. The zero-order valence-electron chi connectivity index (χ0n) is 15.1. The highest BCUT2D eigenvalue weighted by atomic mass is 19.2. The average molecular weight is 373 g/mol. The van der Waals surface area contributed by atoms with Gasteiger partial charge in [0.15, 0.2) is 11.6 Å². The largest absolute Gasteiger partial charge is 0.345 e. The van der Waals surface area contributed by atoms with Gasteiger partial charge in [0.2, 0.25) is 0 Å². The number of para-hydroxylation sites is 1. The van der Waals surface area contributed by atoms with Crippen molar-refractivity contribution in [2.45, 2.75) is 26.8 Å². The van der Waals surface area contributed by atoms with Gasteiger partial charge < -0.3 is 5.32 Å². The van der Waals surface area contributed by atoms with E-state index in [4.69, 9.17) is 0 Å². The van der Waals surface area contributed by atoms with Gasteiger partial charge in [-0.2, -0.15) is 5.10 Å². The van der Waals surface area contributed by atoms with Crippen molar-refractivity contribution in [2.24, 2.45) is 0 Å². The van der Waals surface area contributed by atoms with E-state index in [1.165, 1.54) is 0 Å². The van der Waals surface area contributed by atoms with E-state index in [0.717, 1.165) is 22.5 Å². The van der Waals surface area contributed by atoms with Gasteiger partial charge in [0.25, 0.3) is 5.91 Å². The molecule has 1 aromatic heterocycles. The topological polar surface area (TPSA) is 46.9 Å². The Labute approximate surface area is 154 Å². The van der Waals surface area contributed by atoms with Crippen LogP contribution >= 0.6 is 0 Å². The third-order valence-corrected chi connectivity index (χ3v) is 4.46. The number of aromatic nitrogens is 2. The lowest BCUT2D eigenvalue weighted by Gasteiger charge is -2.15. The van der Waals surface area contributed by atoms with Crippen LogP contribution in [0.3, 0.4) is 0 Å². The predicted molar refractivity (Wildman–Crippen MR) is 95.2 cm³/mol. The van der Waals surface area contributed by atoms with Crippen molar-refractivity contribution >= 4 is 5.91 Å². The van der Waals surface area contributed by atoms with E-state index >= 15 is 0 Å². The number of nitrogens with zero attached hydrogens (tertiary/aromatic N) is 2. The maximum atomic E-state index is 13.8. The van der Waals surface area contributed by atoms with Crippen molar-refractivity contribution in [3.05, 3.63) is 82.4 Å². The molecule has 4 nitrogen and oxygen atoms in total. The summed E-state index contributed by atoms with van der Waals surface area (Å²) in [6.07, 6.45) is 1.62. The lowest BCUT2D eigenvalue weighted by molar-refractivity contribution is 0.0935. The van der Waals surface area contributed by atoms with Crippen molar-refractivity contribution < 1.29 is 18.0 Å². The normalized spacial score (nSPS) is 12.1. The summed E-state index contributed by atoms with van der Waals surface area (Å²) in [5.41, 5.74) is 2.93. The van der Waals surface area contributed by atoms with Gasteiger partial charge in [-0.05, 0) is 38.5 Å². The van der Waals surface area contributed by atoms with Gasteiger partial charge in [-0.1, -0.05) is 18.2 Å². The van der Waals surface area contributed by atoms with E-state index in [1.807, 2.05) is 38.1 Å². The SMILES string of the molecule is Cc1ccccc1-n1ncc([C@H](C)NC(=O)c2cc(F)c(F)cc2F)c1C. The second-order valence-corrected chi connectivity index (χ2v) is 6.32. The monoisotopic (exact) mass is 373 g/mol. The van der Waals surface area contributed by atoms with Gasteiger partial charge in [-0.3, -0.25) is 4.79 Å². The molecule has 0 aliphatic rings. The molecule has 3 aromatic rings. The number of aryl methyl sites for hydroxylation is 1. The lowest BCUT2D eigenvalue weighted by Crippen LogP contribution is -2.28. The molecule has 3 rings (SSSR count). The van der Waals surface area contributed by atoms with Crippen molar-refractivity contribution in [3.63, 3.8) is 0 Å². The maximum absolute atomic E-state index is 13.8. The highest BCUT2D eigenvalue weighted by Crippen LogP contribution is 2.23. The van der Waals surface area contributed by atoms with Gasteiger partial charge in [0, 0.05) is 17.3 Å². The van der Waals surface area contributed by atoms with Crippen LogP contribution in [0.25, 0.3) is 5.69 Å². The molecule has 1 heterocycles. The van der Waals surface area contributed by atoms with Crippen LogP contribution in [0.5, 0.6) is 0 Å². The fourth-order valence-electron chi connectivity index (χ4n) is 2.94. The van der Waals surface area contributed by atoms with Gasteiger partial charge >= 0.3 is 0 Å². The molecule has 7 heteroatoms. The number of halogens is 3. The Hall–Kier alpha value is -3.09. The molecule has 1 atom stereocenters. The molecule has 2 aromatic carbocycles. The number of rotatable bonds is 4. The van der Waals surface area contributed by atoms with E-state index in [9.17, 15) is 18.0 Å². The summed E-state index contributed by atoms with van der Waals surface area (Å²) in [7, 11) is 0. The van der Waals surface area contributed by atoms with Crippen LogP contribution in [-0.2, 0) is 0 Å². The number of hydrogen-bond donors (Lipinski definition) is 1. The fourth-order valence-corrected chi connectivity index (χ4v) is 2.94. The van der Waals surface area contributed by atoms with E-state index in [1.54, 1.807) is 17.8 Å². The Kier molecular flexibility index (Phi) is 5.03. The molecular formula is C20H18F3N3O. The van der Waals surface area contributed by atoms with E-state index in [2.05, 4.69) is 10.4 Å². The highest BCUT2D eigenvalue weighted by Gasteiger charge is 2.21. The lowest BCUT2D eigenvalue weighted by atomic mass is 10.1. The molecule has 0 fully saturated rings. The summed E-state index contributed by atoms with van der Waals surface area (Å²) >= 11 is 0. The third-order valence-electron chi connectivity index (χ3n) is 4.46. The van der Waals surface area contributed by atoms with Gasteiger partial charge in [0.1, 0.15) is 5.82 Å². The summed E-state index contributed by atoms with van der Waals surface area (Å²) in [6, 6.07) is 8.12. The molecule has 0 unspecified atom stereocenters. The molecule has 140 valence electrons. The standard InChI is InChI=1S/C20H18F3N3O/c1-11-6-4-5-7-19(11)26-13(3)15(10-24-26)12(2)25-20(27)14-8-17(22)18(23)9-16(14)21/h4-10,12H,1-3H3,(H,25,27)/t12-/m0/s1. The number of carbonyl (C=O) groups excluding carboxylic acids is 1. The smallest absolute Gasteiger partial charge is 0.254 e. The third kappa shape index (κ3) is 3.58. The van der Waals surface area contributed by atoms with Crippen molar-refractivity contribution in [3.8, 4) is 5.69 Å². The zero-order valence-corrected chi connectivity index (χ0v) is 15.1. The molecule has 0 bridgehead atoms. The maximum Gasteiger partial charge on any atom is 0.254 e. The summed E-state index contributed by atoms with van der Waals surface area (Å²) in [5, 5.41) is 6.97. The minimum Gasteiger partial charge on any atom is -0.345 e. The van der Waals surface area contributed by atoms with Crippen molar-refractivity contribution in [1.82, 2.24) is 15.1 Å². The Morgan fingerprint density at radius 3 is 2.44 bits per heavy atom. The van der Waals surface area contributed by atoms with Crippen LogP contribution in [0.2, 0.25) is 0 Å². The molecule has 0 spiro atoms. The predicted octanol–water partition coefficient (Wildman–Crippen LogP) is 4.40. The first kappa shape index (κ1) is 18.7. The summed E-state index contributed by atoms with van der Waals surface area (Å²) in [6.45, 7) is 5.53. The number of carbonyl (C=O) groups is 1. The summed E-state index contributed by atoms with van der Waals surface area (Å²) in [4.78, 5) is 12.3. The molecule has 0 aliphatic carbocycles. The summed E-state index contributed by atoms with van der Waals surface area (Å²) in [5.74, 6) is -4.57. The molecule has 0 aliphatic heterocycles. The van der Waals surface area contributed by atoms with Crippen LogP contribution in [0, 0.1) is 31.3 Å². The molecular weight excluding hydrogens is 355 g/mol. The van der Waals surface area contributed by atoms with Gasteiger partial charge in [0.05, 0.1) is 23.5 Å². The minimum atomic E-state index is -1.34. The molecule has 1 N–H and O–H groups in total. The first-order valence-corrected chi connectivity index (χ1v) is 8.35. The van der Waals surface area contributed by atoms with Crippen LogP contribution in [0.4, 0.5) is 13.2 Å². The Bertz CT molecular complexity index is 1010. The molecule has 0 saturated heterocycles. The Morgan fingerprint density at radius 1 is 1.07 bits per heavy atom. The molecule has 0 radical (unpaired) electrons. The van der Waals surface area contributed by atoms with Crippen molar-refractivity contribution in [2.75, 3.05) is 0 Å². The number of amides is 1. The quantitative estimate of drug-likeness (QED) is 0.689. The number of hydrogen-bond acceptors (Lipinski definition) is 2. The average Bonchev–Trinajstić information content (AvgIpc) is 3.00. The Balaban J connectivity index is 1.85. The molecule has 27 heavy (non-hydrogen) atoms. The van der Waals surface area contributed by atoms with Crippen LogP contribution in [0.1, 0.15) is 40.1 Å². The second-order valence-electron chi connectivity index (χ2n) is 6.32.